The van der Waals surface area contributed by atoms with E-state index in [1.165, 1.54) is 16.8 Å². The fourth-order valence-corrected chi connectivity index (χ4v) is 1.45. The van der Waals surface area contributed by atoms with Gasteiger partial charge in [0.1, 0.15) is 0 Å². The number of aromatic nitrogens is 3. The predicted molar refractivity (Wildman–Crippen MR) is 63.5 cm³/mol. The fourth-order valence-electron chi connectivity index (χ4n) is 1.45. The van der Waals surface area contributed by atoms with Gasteiger partial charge in [0.15, 0.2) is 0 Å². The maximum absolute atomic E-state index is 11.5. The lowest BCUT2D eigenvalue weighted by molar-refractivity contribution is 0.0696. The van der Waals surface area contributed by atoms with Gasteiger partial charge < -0.3 is 5.11 Å². The van der Waals surface area contributed by atoms with Crippen LogP contribution in [0.1, 0.15) is 21.7 Å². The Morgan fingerprint density at radius 2 is 2.17 bits per heavy atom. The van der Waals surface area contributed by atoms with Gasteiger partial charge in [-0.05, 0) is 25.1 Å². The Labute approximate surface area is 103 Å². The van der Waals surface area contributed by atoms with Gasteiger partial charge in [0, 0.05) is 18.1 Å². The minimum absolute atomic E-state index is 0.119. The van der Waals surface area contributed by atoms with E-state index in [4.69, 9.17) is 5.11 Å². The lowest BCUT2D eigenvalue weighted by Gasteiger charge is -2.04. The quantitative estimate of drug-likeness (QED) is 0.860. The summed E-state index contributed by atoms with van der Waals surface area (Å²) in [5, 5.41) is 8.73. The molecule has 2 aromatic heterocycles. The second-order valence-electron chi connectivity index (χ2n) is 3.82. The molecule has 18 heavy (non-hydrogen) atoms. The molecule has 0 bridgehead atoms. The average Bonchev–Trinajstić information content (AvgIpc) is 2.33. The molecular weight excluding hydrogens is 234 g/mol. The van der Waals surface area contributed by atoms with Gasteiger partial charge in [-0.3, -0.25) is 9.55 Å². The van der Waals surface area contributed by atoms with E-state index in [1.54, 1.807) is 25.3 Å². The highest BCUT2D eigenvalue weighted by Gasteiger charge is 2.04. The van der Waals surface area contributed by atoms with Crippen LogP contribution in [0.5, 0.6) is 0 Å². The Morgan fingerprint density at radius 3 is 2.72 bits per heavy atom. The molecule has 0 unspecified atom stereocenters. The number of carboxylic acids is 1. The molecule has 2 rings (SSSR count). The highest BCUT2D eigenvalue weighted by Crippen LogP contribution is 2.01. The molecule has 0 amide bonds. The monoisotopic (exact) mass is 245 g/mol. The first kappa shape index (κ1) is 12.0. The van der Waals surface area contributed by atoms with Crippen LogP contribution in [0.4, 0.5) is 0 Å². The Bertz CT molecular complexity index is 632. The van der Waals surface area contributed by atoms with Crippen molar-refractivity contribution in [1.82, 2.24) is 14.5 Å². The molecule has 0 fully saturated rings. The lowest BCUT2D eigenvalue weighted by atomic mass is 10.2. The molecule has 0 atom stereocenters. The maximum Gasteiger partial charge on any atom is 0.348 e. The number of hydrogen-bond acceptors (Lipinski definition) is 4. The van der Waals surface area contributed by atoms with Crippen LogP contribution in [-0.4, -0.2) is 25.6 Å². The lowest BCUT2D eigenvalue weighted by Crippen LogP contribution is -2.23. The van der Waals surface area contributed by atoms with Crippen molar-refractivity contribution in [1.29, 1.82) is 0 Å². The van der Waals surface area contributed by atoms with Crippen molar-refractivity contribution < 1.29 is 9.90 Å². The molecule has 0 saturated carbocycles. The molecule has 2 heterocycles. The zero-order valence-corrected chi connectivity index (χ0v) is 9.70. The fraction of sp³-hybridized carbons (Fsp3) is 0.167. The number of carboxylic acid groups (broad SMARTS) is 1. The number of aryl methyl sites for hydroxylation is 1. The second-order valence-corrected chi connectivity index (χ2v) is 3.82. The van der Waals surface area contributed by atoms with E-state index in [-0.39, 0.29) is 17.8 Å². The number of hydrogen-bond donors (Lipinski definition) is 1. The van der Waals surface area contributed by atoms with Crippen LogP contribution in [0, 0.1) is 6.92 Å². The van der Waals surface area contributed by atoms with E-state index < -0.39 is 5.97 Å². The summed E-state index contributed by atoms with van der Waals surface area (Å²) in [5.74, 6) is -1.02. The van der Waals surface area contributed by atoms with Gasteiger partial charge in [-0.25, -0.2) is 9.59 Å². The maximum atomic E-state index is 11.5. The van der Waals surface area contributed by atoms with Crippen LogP contribution >= 0.6 is 0 Å². The average molecular weight is 245 g/mol. The van der Waals surface area contributed by atoms with Crippen molar-refractivity contribution >= 4 is 5.97 Å². The molecular formula is C12H11N3O3. The zero-order valence-electron chi connectivity index (χ0n) is 9.70. The van der Waals surface area contributed by atoms with Gasteiger partial charge in [-0.2, -0.15) is 4.98 Å². The molecule has 2 aromatic rings. The number of nitrogens with zero attached hydrogens (tertiary/aromatic N) is 3. The van der Waals surface area contributed by atoms with E-state index in [9.17, 15) is 9.59 Å². The minimum Gasteiger partial charge on any atom is -0.478 e. The van der Waals surface area contributed by atoms with Gasteiger partial charge in [-0.1, -0.05) is 0 Å². The topological polar surface area (TPSA) is 85.1 Å². The third-order valence-corrected chi connectivity index (χ3v) is 2.42. The Balaban J connectivity index is 2.23. The summed E-state index contributed by atoms with van der Waals surface area (Å²) >= 11 is 0. The third kappa shape index (κ3) is 2.60. The summed E-state index contributed by atoms with van der Waals surface area (Å²) < 4.78 is 1.41. The van der Waals surface area contributed by atoms with Crippen molar-refractivity contribution in [3.63, 3.8) is 0 Å². The number of rotatable bonds is 3. The number of carbonyl (C=O) groups is 1. The molecule has 0 saturated heterocycles. The first-order valence-corrected chi connectivity index (χ1v) is 5.28. The van der Waals surface area contributed by atoms with Gasteiger partial charge in [0.2, 0.25) is 0 Å². The van der Waals surface area contributed by atoms with E-state index >= 15 is 0 Å². The second kappa shape index (κ2) is 4.79. The molecule has 0 aliphatic rings. The highest BCUT2D eigenvalue weighted by atomic mass is 16.4. The van der Waals surface area contributed by atoms with Gasteiger partial charge in [0.05, 0.1) is 17.8 Å². The normalized spacial score (nSPS) is 10.3. The summed E-state index contributed by atoms with van der Waals surface area (Å²) in [5.41, 5.74) is 1.03. The van der Waals surface area contributed by atoms with Gasteiger partial charge in [-0.15, -0.1) is 0 Å². The highest BCUT2D eigenvalue weighted by molar-refractivity contribution is 5.87. The smallest absolute Gasteiger partial charge is 0.348 e. The van der Waals surface area contributed by atoms with Gasteiger partial charge >= 0.3 is 11.7 Å². The van der Waals surface area contributed by atoms with Crippen LogP contribution < -0.4 is 5.69 Å². The Morgan fingerprint density at radius 1 is 1.39 bits per heavy atom. The van der Waals surface area contributed by atoms with Crippen molar-refractivity contribution in [3.05, 3.63) is 58.0 Å². The first-order valence-electron chi connectivity index (χ1n) is 5.28. The molecule has 1 N–H and O–H groups in total. The summed E-state index contributed by atoms with van der Waals surface area (Å²) in [6.45, 7) is 2.01. The summed E-state index contributed by atoms with van der Waals surface area (Å²) in [4.78, 5) is 30.0. The minimum atomic E-state index is -1.02. The van der Waals surface area contributed by atoms with Crippen molar-refractivity contribution in [2.45, 2.75) is 13.5 Å². The molecule has 0 aliphatic heterocycles. The largest absolute Gasteiger partial charge is 0.478 e. The van der Waals surface area contributed by atoms with Crippen molar-refractivity contribution in [2.75, 3.05) is 0 Å². The molecule has 6 nitrogen and oxygen atoms in total. The van der Waals surface area contributed by atoms with Crippen LogP contribution in [0.25, 0.3) is 0 Å². The Kier molecular flexibility index (Phi) is 3.18. The molecule has 0 radical (unpaired) electrons. The summed E-state index contributed by atoms with van der Waals surface area (Å²) in [6.07, 6.45) is 2.90. The number of aromatic carboxylic acids is 1. The molecule has 0 aliphatic carbocycles. The van der Waals surface area contributed by atoms with E-state index in [0.717, 1.165) is 0 Å². The van der Waals surface area contributed by atoms with Crippen LogP contribution in [-0.2, 0) is 6.54 Å². The van der Waals surface area contributed by atoms with E-state index in [2.05, 4.69) is 9.97 Å². The molecule has 0 aromatic carbocycles. The molecule has 6 heteroatoms. The van der Waals surface area contributed by atoms with E-state index in [1.807, 2.05) is 0 Å². The SMILES string of the molecule is Cc1ccn(Cc2ccc(C(=O)O)cn2)c(=O)n1. The predicted octanol–water partition coefficient (Wildman–Crippen LogP) is 0.693. The first-order chi connectivity index (χ1) is 8.56. The van der Waals surface area contributed by atoms with Crippen LogP contribution in [0.15, 0.2) is 35.4 Å². The Hall–Kier alpha value is -2.50. The van der Waals surface area contributed by atoms with Crippen LogP contribution in [0.3, 0.4) is 0 Å². The van der Waals surface area contributed by atoms with E-state index in [0.29, 0.717) is 11.4 Å². The van der Waals surface area contributed by atoms with Gasteiger partial charge in [0.25, 0.3) is 0 Å². The van der Waals surface area contributed by atoms with Crippen molar-refractivity contribution in [2.24, 2.45) is 0 Å². The third-order valence-electron chi connectivity index (χ3n) is 2.42. The van der Waals surface area contributed by atoms with Crippen molar-refractivity contribution in [3.8, 4) is 0 Å². The number of pyridine rings is 1. The zero-order chi connectivity index (χ0) is 13.1. The summed E-state index contributed by atoms with van der Waals surface area (Å²) in [6, 6.07) is 4.76. The molecule has 92 valence electrons. The standard InChI is InChI=1S/C12H11N3O3/c1-8-4-5-15(12(18)14-8)7-10-3-2-9(6-13-10)11(16)17/h2-6H,7H2,1H3,(H,16,17). The molecule has 0 spiro atoms. The van der Waals surface area contributed by atoms with Crippen LogP contribution in [0.2, 0.25) is 0 Å². The summed E-state index contributed by atoms with van der Waals surface area (Å²) in [7, 11) is 0.